The lowest BCUT2D eigenvalue weighted by Crippen LogP contribution is -2.28. The van der Waals surface area contributed by atoms with Crippen LogP contribution in [0.2, 0.25) is 0 Å². The Morgan fingerprint density at radius 3 is 2.72 bits per heavy atom. The summed E-state index contributed by atoms with van der Waals surface area (Å²) in [5.74, 6) is -0.557. The second-order valence-corrected chi connectivity index (χ2v) is 6.27. The molecular weight excluding hydrogens is 314 g/mol. The highest BCUT2D eigenvalue weighted by Crippen LogP contribution is 2.26. The van der Waals surface area contributed by atoms with E-state index in [-0.39, 0.29) is 24.2 Å². The number of aryl methyl sites for hydroxylation is 1. The van der Waals surface area contributed by atoms with Gasteiger partial charge in [-0.05, 0) is 42.3 Å². The van der Waals surface area contributed by atoms with Crippen molar-refractivity contribution in [3.8, 4) is 6.07 Å². The lowest BCUT2D eigenvalue weighted by Gasteiger charge is -2.17. The standard InChI is InChI=1S/C20H19N3O2/c1-14-3-2-4-18(11-14)23-13-16(12-19(23)24)20(25)22-17-7-5-15(6-8-17)9-10-21/h2-8,11,16H,9,12-13H2,1H3,(H,22,25). The summed E-state index contributed by atoms with van der Waals surface area (Å²) >= 11 is 0. The van der Waals surface area contributed by atoms with Crippen LogP contribution in [0.5, 0.6) is 0 Å². The summed E-state index contributed by atoms with van der Waals surface area (Å²) in [5.41, 5.74) is 3.49. The van der Waals surface area contributed by atoms with E-state index >= 15 is 0 Å². The molecule has 0 aliphatic carbocycles. The number of amides is 2. The number of hydrogen-bond donors (Lipinski definition) is 1. The van der Waals surface area contributed by atoms with Crippen LogP contribution in [0.3, 0.4) is 0 Å². The van der Waals surface area contributed by atoms with Gasteiger partial charge in [0.2, 0.25) is 11.8 Å². The molecule has 0 spiro atoms. The minimum absolute atomic E-state index is 0.0323. The molecule has 1 N–H and O–H groups in total. The number of benzene rings is 2. The van der Waals surface area contributed by atoms with Crippen LogP contribution in [0, 0.1) is 24.2 Å². The predicted molar refractivity (Wildman–Crippen MR) is 96.0 cm³/mol. The summed E-state index contributed by atoms with van der Waals surface area (Å²) < 4.78 is 0. The first-order valence-corrected chi connectivity index (χ1v) is 8.20. The first kappa shape index (κ1) is 16.7. The number of nitrogens with zero attached hydrogens (tertiary/aromatic N) is 2. The van der Waals surface area contributed by atoms with E-state index in [4.69, 9.17) is 5.26 Å². The highest BCUT2D eigenvalue weighted by atomic mass is 16.2. The number of hydrogen-bond acceptors (Lipinski definition) is 3. The molecule has 1 saturated heterocycles. The minimum atomic E-state index is -0.369. The fourth-order valence-corrected chi connectivity index (χ4v) is 2.97. The maximum absolute atomic E-state index is 12.5. The molecule has 2 amide bonds. The van der Waals surface area contributed by atoms with E-state index in [1.807, 2.05) is 43.3 Å². The zero-order valence-corrected chi connectivity index (χ0v) is 14.0. The summed E-state index contributed by atoms with van der Waals surface area (Å²) in [6.45, 7) is 2.37. The lowest BCUT2D eigenvalue weighted by atomic mass is 10.1. The normalized spacial score (nSPS) is 16.6. The topological polar surface area (TPSA) is 73.2 Å². The molecule has 3 rings (SSSR count). The number of carbonyl (C=O) groups excluding carboxylic acids is 2. The van der Waals surface area contributed by atoms with Gasteiger partial charge in [0.15, 0.2) is 0 Å². The fourth-order valence-electron chi connectivity index (χ4n) is 2.97. The van der Waals surface area contributed by atoms with Crippen LogP contribution in [0.25, 0.3) is 0 Å². The third-order valence-corrected chi connectivity index (χ3v) is 4.31. The number of carbonyl (C=O) groups is 2. The van der Waals surface area contributed by atoms with Crippen molar-refractivity contribution in [2.24, 2.45) is 5.92 Å². The van der Waals surface area contributed by atoms with Gasteiger partial charge in [-0.15, -0.1) is 0 Å². The highest BCUT2D eigenvalue weighted by molar-refractivity contribution is 6.03. The summed E-state index contributed by atoms with van der Waals surface area (Å²) in [5, 5.41) is 11.5. The molecule has 1 aliphatic heterocycles. The molecule has 0 bridgehead atoms. The Hall–Kier alpha value is -3.13. The molecule has 2 aromatic carbocycles. The van der Waals surface area contributed by atoms with Gasteiger partial charge >= 0.3 is 0 Å². The molecule has 1 heterocycles. The summed E-state index contributed by atoms with van der Waals surface area (Å²) in [7, 11) is 0. The predicted octanol–water partition coefficient (Wildman–Crippen LogP) is 3.05. The van der Waals surface area contributed by atoms with Crippen molar-refractivity contribution in [2.75, 3.05) is 16.8 Å². The van der Waals surface area contributed by atoms with Gasteiger partial charge in [0, 0.05) is 24.3 Å². The van der Waals surface area contributed by atoms with Crippen molar-refractivity contribution in [1.29, 1.82) is 5.26 Å². The molecule has 1 fully saturated rings. The van der Waals surface area contributed by atoms with Crippen LogP contribution >= 0.6 is 0 Å². The number of anilines is 2. The van der Waals surface area contributed by atoms with E-state index in [2.05, 4.69) is 11.4 Å². The van der Waals surface area contributed by atoms with Gasteiger partial charge in [0.05, 0.1) is 18.4 Å². The number of nitrogens with one attached hydrogen (secondary N) is 1. The maximum atomic E-state index is 12.5. The third-order valence-electron chi connectivity index (χ3n) is 4.31. The zero-order chi connectivity index (χ0) is 17.8. The average molecular weight is 333 g/mol. The van der Waals surface area contributed by atoms with Gasteiger partial charge in [-0.1, -0.05) is 24.3 Å². The number of rotatable bonds is 4. The monoisotopic (exact) mass is 333 g/mol. The Kier molecular flexibility index (Phi) is 4.80. The van der Waals surface area contributed by atoms with Crippen LogP contribution < -0.4 is 10.2 Å². The molecule has 126 valence electrons. The molecule has 2 aromatic rings. The van der Waals surface area contributed by atoms with E-state index in [1.54, 1.807) is 17.0 Å². The Morgan fingerprint density at radius 2 is 2.04 bits per heavy atom. The van der Waals surface area contributed by atoms with Crippen LogP contribution in [0.1, 0.15) is 17.5 Å². The Morgan fingerprint density at radius 1 is 1.28 bits per heavy atom. The Balaban J connectivity index is 1.65. The van der Waals surface area contributed by atoms with Gasteiger partial charge in [0.1, 0.15) is 0 Å². The Bertz CT molecular complexity index is 837. The molecule has 0 radical (unpaired) electrons. The van der Waals surface area contributed by atoms with Crippen molar-refractivity contribution in [1.82, 2.24) is 0 Å². The van der Waals surface area contributed by atoms with E-state index in [1.165, 1.54) is 0 Å². The summed E-state index contributed by atoms with van der Waals surface area (Å²) in [4.78, 5) is 26.4. The molecule has 25 heavy (non-hydrogen) atoms. The second-order valence-electron chi connectivity index (χ2n) is 6.27. The molecule has 0 saturated carbocycles. The molecule has 1 atom stereocenters. The second kappa shape index (κ2) is 7.18. The quantitative estimate of drug-likeness (QED) is 0.934. The van der Waals surface area contributed by atoms with Gasteiger partial charge in [-0.2, -0.15) is 5.26 Å². The van der Waals surface area contributed by atoms with E-state index < -0.39 is 0 Å². The van der Waals surface area contributed by atoms with Gasteiger partial charge in [-0.3, -0.25) is 9.59 Å². The highest BCUT2D eigenvalue weighted by Gasteiger charge is 2.35. The molecular formula is C20H19N3O2. The van der Waals surface area contributed by atoms with Crippen molar-refractivity contribution < 1.29 is 9.59 Å². The molecule has 1 aliphatic rings. The largest absolute Gasteiger partial charge is 0.326 e. The minimum Gasteiger partial charge on any atom is -0.326 e. The van der Waals surface area contributed by atoms with E-state index in [0.717, 1.165) is 16.8 Å². The van der Waals surface area contributed by atoms with E-state index in [0.29, 0.717) is 18.7 Å². The summed E-state index contributed by atoms with van der Waals surface area (Å²) in [6, 6.07) is 17.0. The molecule has 1 unspecified atom stereocenters. The summed E-state index contributed by atoms with van der Waals surface area (Å²) in [6.07, 6.45) is 0.559. The number of nitriles is 1. The molecule has 5 heteroatoms. The maximum Gasteiger partial charge on any atom is 0.229 e. The van der Waals surface area contributed by atoms with Crippen molar-refractivity contribution in [2.45, 2.75) is 19.8 Å². The Labute approximate surface area is 146 Å². The van der Waals surface area contributed by atoms with Crippen LogP contribution in [-0.4, -0.2) is 18.4 Å². The van der Waals surface area contributed by atoms with Gasteiger partial charge < -0.3 is 10.2 Å². The van der Waals surface area contributed by atoms with Crippen LogP contribution in [0.4, 0.5) is 11.4 Å². The van der Waals surface area contributed by atoms with Crippen molar-refractivity contribution in [3.63, 3.8) is 0 Å². The fraction of sp³-hybridized carbons (Fsp3) is 0.250. The van der Waals surface area contributed by atoms with Crippen molar-refractivity contribution in [3.05, 3.63) is 59.7 Å². The molecule has 0 aromatic heterocycles. The zero-order valence-electron chi connectivity index (χ0n) is 14.0. The van der Waals surface area contributed by atoms with Crippen LogP contribution in [-0.2, 0) is 16.0 Å². The smallest absolute Gasteiger partial charge is 0.229 e. The van der Waals surface area contributed by atoms with Gasteiger partial charge in [0.25, 0.3) is 0 Å². The van der Waals surface area contributed by atoms with E-state index in [9.17, 15) is 9.59 Å². The van der Waals surface area contributed by atoms with Gasteiger partial charge in [-0.25, -0.2) is 0 Å². The van der Waals surface area contributed by atoms with Crippen molar-refractivity contribution >= 4 is 23.2 Å². The first-order chi connectivity index (χ1) is 12.1. The molecule has 5 nitrogen and oxygen atoms in total. The van der Waals surface area contributed by atoms with Crippen LogP contribution in [0.15, 0.2) is 48.5 Å². The lowest BCUT2D eigenvalue weighted by molar-refractivity contribution is -0.122. The average Bonchev–Trinajstić information content (AvgIpc) is 2.99. The first-order valence-electron chi connectivity index (χ1n) is 8.20. The third kappa shape index (κ3) is 3.86. The SMILES string of the molecule is Cc1cccc(N2CC(C(=O)Nc3ccc(CC#N)cc3)CC2=O)c1.